The van der Waals surface area contributed by atoms with Crippen molar-refractivity contribution in [3.8, 4) is 6.07 Å². The van der Waals surface area contributed by atoms with Crippen LogP contribution in [0.2, 0.25) is 10.0 Å². The highest BCUT2D eigenvalue weighted by molar-refractivity contribution is 6.35. The second-order valence-electron chi connectivity index (χ2n) is 5.07. The third kappa shape index (κ3) is 4.38. The SMILES string of the molecule is CN1CCN(/C=C(/C#N)C(=O)Nc2cc(Cl)ccc2Cl)CC1. The van der Waals surface area contributed by atoms with Gasteiger partial charge in [0.25, 0.3) is 5.91 Å². The van der Waals surface area contributed by atoms with Crippen molar-refractivity contribution in [3.63, 3.8) is 0 Å². The number of likely N-dealkylation sites (N-methyl/N-ethyl adjacent to an activating group) is 1. The zero-order valence-electron chi connectivity index (χ0n) is 12.1. The number of rotatable bonds is 3. The van der Waals surface area contributed by atoms with Crippen molar-refractivity contribution in [1.29, 1.82) is 5.26 Å². The summed E-state index contributed by atoms with van der Waals surface area (Å²) in [5.74, 6) is -0.495. The van der Waals surface area contributed by atoms with Crippen LogP contribution in [0.25, 0.3) is 0 Å². The van der Waals surface area contributed by atoms with E-state index in [-0.39, 0.29) is 5.57 Å². The number of nitrogens with zero attached hydrogens (tertiary/aromatic N) is 3. The topological polar surface area (TPSA) is 59.4 Å². The van der Waals surface area contributed by atoms with Crippen LogP contribution in [-0.4, -0.2) is 48.9 Å². The smallest absolute Gasteiger partial charge is 0.267 e. The number of anilines is 1. The van der Waals surface area contributed by atoms with Crippen LogP contribution in [0, 0.1) is 11.3 Å². The summed E-state index contributed by atoms with van der Waals surface area (Å²) in [7, 11) is 2.04. The number of piperazine rings is 1. The Kier molecular flexibility index (Phi) is 5.67. The van der Waals surface area contributed by atoms with E-state index in [0.29, 0.717) is 15.7 Å². The van der Waals surface area contributed by atoms with E-state index in [0.717, 1.165) is 26.2 Å². The molecule has 1 aromatic rings. The van der Waals surface area contributed by atoms with Crippen LogP contribution in [0.4, 0.5) is 5.69 Å². The Bertz CT molecular complexity index is 631. The molecule has 1 fully saturated rings. The summed E-state index contributed by atoms with van der Waals surface area (Å²) in [5, 5.41) is 12.7. The lowest BCUT2D eigenvalue weighted by atomic mass is 10.2. The lowest BCUT2D eigenvalue weighted by Gasteiger charge is -2.31. The number of amides is 1. The molecule has 0 atom stereocenters. The fourth-order valence-electron chi connectivity index (χ4n) is 2.05. The van der Waals surface area contributed by atoms with Crippen molar-refractivity contribution in [2.45, 2.75) is 0 Å². The minimum Gasteiger partial charge on any atom is -0.374 e. The van der Waals surface area contributed by atoms with Gasteiger partial charge in [-0.3, -0.25) is 4.79 Å². The highest BCUT2D eigenvalue weighted by Crippen LogP contribution is 2.25. The van der Waals surface area contributed by atoms with E-state index in [1.165, 1.54) is 0 Å². The van der Waals surface area contributed by atoms with Gasteiger partial charge < -0.3 is 15.1 Å². The maximum atomic E-state index is 12.2. The number of benzene rings is 1. The van der Waals surface area contributed by atoms with Crippen LogP contribution in [0.15, 0.2) is 30.0 Å². The van der Waals surface area contributed by atoms with Gasteiger partial charge in [-0.2, -0.15) is 5.26 Å². The Labute approximate surface area is 139 Å². The highest BCUT2D eigenvalue weighted by Gasteiger charge is 2.16. The van der Waals surface area contributed by atoms with Crippen molar-refractivity contribution in [3.05, 3.63) is 40.0 Å². The Morgan fingerprint density at radius 2 is 2.00 bits per heavy atom. The largest absolute Gasteiger partial charge is 0.374 e. The molecule has 1 aromatic carbocycles. The van der Waals surface area contributed by atoms with Crippen LogP contribution >= 0.6 is 23.2 Å². The molecule has 1 heterocycles. The average Bonchev–Trinajstić information content (AvgIpc) is 2.50. The van der Waals surface area contributed by atoms with Crippen LogP contribution < -0.4 is 5.32 Å². The van der Waals surface area contributed by atoms with E-state index < -0.39 is 5.91 Å². The molecule has 0 bridgehead atoms. The molecule has 22 heavy (non-hydrogen) atoms. The maximum absolute atomic E-state index is 12.2. The van der Waals surface area contributed by atoms with Gasteiger partial charge >= 0.3 is 0 Å². The summed E-state index contributed by atoms with van der Waals surface area (Å²) < 4.78 is 0. The molecule has 0 saturated carbocycles. The van der Waals surface area contributed by atoms with E-state index >= 15 is 0 Å². The van der Waals surface area contributed by atoms with E-state index in [1.807, 2.05) is 18.0 Å². The molecule has 0 spiro atoms. The molecule has 7 heteroatoms. The van der Waals surface area contributed by atoms with Crippen LogP contribution in [0.1, 0.15) is 0 Å². The molecule has 1 N–H and O–H groups in total. The zero-order valence-corrected chi connectivity index (χ0v) is 13.7. The first-order chi connectivity index (χ1) is 10.5. The third-order valence-electron chi connectivity index (χ3n) is 3.39. The second kappa shape index (κ2) is 7.50. The summed E-state index contributed by atoms with van der Waals surface area (Å²) in [6.45, 7) is 3.37. The van der Waals surface area contributed by atoms with Gasteiger partial charge in [0.15, 0.2) is 0 Å². The fourth-order valence-corrected chi connectivity index (χ4v) is 2.39. The van der Waals surface area contributed by atoms with Gasteiger partial charge in [0.05, 0.1) is 10.7 Å². The number of hydrogen-bond acceptors (Lipinski definition) is 4. The van der Waals surface area contributed by atoms with Crippen LogP contribution in [-0.2, 0) is 4.79 Å². The van der Waals surface area contributed by atoms with Gasteiger partial charge in [0.1, 0.15) is 11.6 Å². The molecule has 1 aliphatic heterocycles. The normalized spacial score (nSPS) is 16.3. The van der Waals surface area contributed by atoms with E-state index in [9.17, 15) is 10.1 Å². The van der Waals surface area contributed by atoms with Gasteiger partial charge in [0.2, 0.25) is 0 Å². The number of hydrogen-bond donors (Lipinski definition) is 1. The van der Waals surface area contributed by atoms with E-state index in [1.54, 1.807) is 24.4 Å². The number of carbonyl (C=O) groups excluding carboxylic acids is 1. The maximum Gasteiger partial charge on any atom is 0.267 e. The fraction of sp³-hybridized carbons (Fsp3) is 0.333. The quantitative estimate of drug-likeness (QED) is 0.679. The molecule has 116 valence electrons. The van der Waals surface area contributed by atoms with Gasteiger partial charge in [-0.25, -0.2) is 0 Å². The van der Waals surface area contributed by atoms with Crippen molar-refractivity contribution in [2.75, 3.05) is 38.5 Å². The average molecular weight is 339 g/mol. The van der Waals surface area contributed by atoms with Crippen molar-refractivity contribution in [1.82, 2.24) is 9.80 Å². The molecule has 1 aliphatic rings. The number of nitriles is 1. The predicted octanol–water partition coefficient (Wildman–Crippen LogP) is 2.59. The molecule has 0 aliphatic carbocycles. The van der Waals surface area contributed by atoms with Crippen LogP contribution in [0.3, 0.4) is 0 Å². The molecule has 0 unspecified atom stereocenters. The molecule has 1 amide bonds. The number of carbonyl (C=O) groups is 1. The van der Waals surface area contributed by atoms with Crippen molar-refractivity contribution < 1.29 is 4.79 Å². The minimum atomic E-state index is -0.495. The lowest BCUT2D eigenvalue weighted by molar-refractivity contribution is -0.112. The first-order valence-electron chi connectivity index (χ1n) is 6.80. The molecule has 1 saturated heterocycles. The lowest BCUT2D eigenvalue weighted by Crippen LogP contribution is -2.42. The summed E-state index contributed by atoms with van der Waals surface area (Å²) in [5.41, 5.74) is 0.430. The number of halogens is 2. The number of nitrogens with one attached hydrogen (secondary N) is 1. The summed E-state index contributed by atoms with van der Waals surface area (Å²) in [4.78, 5) is 16.4. The predicted molar refractivity (Wildman–Crippen MR) is 87.9 cm³/mol. The molecule has 0 aromatic heterocycles. The van der Waals surface area contributed by atoms with Gasteiger partial charge in [-0.15, -0.1) is 0 Å². The molecule has 2 rings (SSSR count). The first kappa shape index (κ1) is 16.6. The van der Waals surface area contributed by atoms with Gasteiger partial charge in [0, 0.05) is 37.4 Å². The first-order valence-corrected chi connectivity index (χ1v) is 7.56. The van der Waals surface area contributed by atoms with Gasteiger partial charge in [-0.05, 0) is 25.2 Å². The van der Waals surface area contributed by atoms with Crippen molar-refractivity contribution in [2.24, 2.45) is 0 Å². The Morgan fingerprint density at radius 3 is 2.64 bits per heavy atom. The molecular weight excluding hydrogens is 323 g/mol. The summed E-state index contributed by atoms with van der Waals surface area (Å²) in [6, 6.07) is 6.70. The summed E-state index contributed by atoms with van der Waals surface area (Å²) in [6.07, 6.45) is 1.60. The minimum absolute atomic E-state index is 0.0422. The molecule has 5 nitrogen and oxygen atoms in total. The molecule has 0 radical (unpaired) electrons. The van der Waals surface area contributed by atoms with E-state index in [4.69, 9.17) is 23.2 Å². The third-order valence-corrected chi connectivity index (χ3v) is 3.96. The van der Waals surface area contributed by atoms with Crippen LogP contribution in [0.5, 0.6) is 0 Å². The standard InChI is InChI=1S/C15H16Cl2N4O/c1-20-4-6-21(7-5-20)10-11(9-18)15(22)19-14-8-12(16)2-3-13(14)17/h2-3,8,10H,4-7H2,1H3,(H,19,22)/b11-10-. The zero-order chi connectivity index (χ0) is 16.1. The molecular formula is C15H16Cl2N4O. The van der Waals surface area contributed by atoms with Crippen molar-refractivity contribution >= 4 is 34.8 Å². The Hall–Kier alpha value is -1.74. The second-order valence-corrected chi connectivity index (χ2v) is 5.92. The monoisotopic (exact) mass is 338 g/mol. The Morgan fingerprint density at radius 1 is 1.32 bits per heavy atom. The highest BCUT2D eigenvalue weighted by atomic mass is 35.5. The van der Waals surface area contributed by atoms with E-state index in [2.05, 4.69) is 10.2 Å². The summed E-state index contributed by atoms with van der Waals surface area (Å²) >= 11 is 11.9. The Balaban J connectivity index is 2.09. The van der Waals surface area contributed by atoms with Gasteiger partial charge in [-0.1, -0.05) is 23.2 Å².